The van der Waals surface area contributed by atoms with Crippen LogP contribution < -0.4 is 10.2 Å². The molecule has 0 aromatic heterocycles. The number of para-hydroxylation sites is 1. The van der Waals surface area contributed by atoms with Crippen LogP contribution in [-0.4, -0.2) is 29.7 Å². The molecular formula is C15H18N2O3. The van der Waals surface area contributed by atoms with Gasteiger partial charge in [0.1, 0.15) is 6.04 Å². The maximum absolute atomic E-state index is 12.2. The molecule has 2 amide bonds. The van der Waals surface area contributed by atoms with E-state index in [0.717, 1.165) is 12.0 Å². The van der Waals surface area contributed by atoms with Gasteiger partial charge in [0, 0.05) is 18.7 Å². The van der Waals surface area contributed by atoms with Gasteiger partial charge in [-0.05, 0) is 25.0 Å². The number of rotatable bonds is 4. The lowest BCUT2D eigenvalue weighted by molar-refractivity contribution is -0.138. The second-order valence-corrected chi connectivity index (χ2v) is 4.65. The standard InChI is InChI=1S/C15H18N2O3/c1-2-3-6-9-16-15(20)17-12-8-5-4-7-11(12)10-13(17)14(18)19/h2-5,7-8,13H,6,9-10H2,1H3,(H,16,20)(H,18,19)/b3-2+/t13-/m0/s1. The van der Waals surface area contributed by atoms with Crippen molar-refractivity contribution >= 4 is 17.7 Å². The molecule has 5 nitrogen and oxygen atoms in total. The number of carboxylic acid groups (broad SMARTS) is 1. The number of nitrogens with zero attached hydrogens (tertiary/aromatic N) is 1. The highest BCUT2D eigenvalue weighted by atomic mass is 16.4. The first-order valence-electron chi connectivity index (χ1n) is 6.64. The van der Waals surface area contributed by atoms with E-state index in [9.17, 15) is 14.7 Å². The van der Waals surface area contributed by atoms with E-state index in [4.69, 9.17) is 0 Å². The molecule has 106 valence electrons. The molecule has 1 atom stereocenters. The Morgan fingerprint density at radius 3 is 2.90 bits per heavy atom. The van der Waals surface area contributed by atoms with Crippen LogP contribution in [-0.2, 0) is 11.2 Å². The molecule has 1 aliphatic rings. The molecule has 5 heteroatoms. The Hall–Kier alpha value is -2.30. The van der Waals surface area contributed by atoms with Gasteiger partial charge in [-0.2, -0.15) is 0 Å². The predicted molar refractivity (Wildman–Crippen MR) is 76.9 cm³/mol. The van der Waals surface area contributed by atoms with Gasteiger partial charge in [-0.1, -0.05) is 30.4 Å². The quantitative estimate of drug-likeness (QED) is 0.653. The summed E-state index contributed by atoms with van der Waals surface area (Å²) in [6.07, 6.45) is 4.95. The van der Waals surface area contributed by atoms with Crippen molar-refractivity contribution in [1.82, 2.24) is 5.32 Å². The number of nitrogens with one attached hydrogen (secondary N) is 1. The first kappa shape index (κ1) is 14.1. The number of benzene rings is 1. The van der Waals surface area contributed by atoms with Gasteiger partial charge in [0.05, 0.1) is 0 Å². The number of hydrogen-bond donors (Lipinski definition) is 2. The van der Waals surface area contributed by atoms with Crippen molar-refractivity contribution in [3.05, 3.63) is 42.0 Å². The molecule has 0 bridgehead atoms. The van der Waals surface area contributed by atoms with E-state index >= 15 is 0 Å². The van der Waals surface area contributed by atoms with E-state index in [-0.39, 0.29) is 6.03 Å². The highest BCUT2D eigenvalue weighted by molar-refractivity contribution is 6.01. The number of allylic oxidation sites excluding steroid dienone is 1. The molecule has 0 fully saturated rings. The van der Waals surface area contributed by atoms with Gasteiger partial charge in [0.15, 0.2) is 0 Å². The summed E-state index contributed by atoms with van der Waals surface area (Å²) >= 11 is 0. The van der Waals surface area contributed by atoms with E-state index in [1.807, 2.05) is 37.3 Å². The second-order valence-electron chi connectivity index (χ2n) is 4.65. The maximum Gasteiger partial charge on any atom is 0.327 e. The third kappa shape index (κ3) is 2.82. The lowest BCUT2D eigenvalue weighted by atomic mass is 10.1. The normalized spacial score (nSPS) is 17.2. The van der Waals surface area contributed by atoms with Crippen molar-refractivity contribution in [2.24, 2.45) is 0 Å². The van der Waals surface area contributed by atoms with Crippen molar-refractivity contribution in [3.8, 4) is 0 Å². The van der Waals surface area contributed by atoms with Crippen LogP contribution in [0.15, 0.2) is 36.4 Å². The first-order valence-corrected chi connectivity index (χ1v) is 6.64. The fraction of sp³-hybridized carbons (Fsp3) is 0.333. The molecule has 20 heavy (non-hydrogen) atoms. The number of urea groups is 1. The minimum absolute atomic E-state index is 0.355. The fourth-order valence-electron chi connectivity index (χ4n) is 2.35. The Balaban J connectivity index is 2.13. The zero-order valence-electron chi connectivity index (χ0n) is 11.4. The number of aliphatic carboxylic acids is 1. The predicted octanol–water partition coefficient (Wildman–Crippen LogP) is 2.18. The van der Waals surface area contributed by atoms with Crippen LogP contribution in [0.5, 0.6) is 0 Å². The van der Waals surface area contributed by atoms with E-state index in [2.05, 4.69) is 5.32 Å². The SMILES string of the molecule is C/C=C/CCNC(=O)N1c2ccccc2C[C@H]1C(=O)O. The minimum atomic E-state index is -0.982. The number of carbonyl (C=O) groups is 2. The molecule has 1 heterocycles. The minimum Gasteiger partial charge on any atom is -0.480 e. The lowest BCUT2D eigenvalue weighted by Crippen LogP contribution is -2.48. The van der Waals surface area contributed by atoms with E-state index in [1.165, 1.54) is 4.90 Å². The lowest BCUT2D eigenvalue weighted by Gasteiger charge is -2.22. The fourth-order valence-corrected chi connectivity index (χ4v) is 2.35. The van der Waals surface area contributed by atoms with Gasteiger partial charge in [-0.25, -0.2) is 9.59 Å². The number of carbonyl (C=O) groups excluding carboxylic acids is 1. The van der Waals surface area contributed by atoms with Crippen molar-refractivity contribution in [1.29, 1.82) is 0 Å². The van der Waals surface area contributed by atoms with Crippen LogP contribution in [0.4, 0.5) is 10.5 Å². The molecule has 1 aromatic carbocycles. The number of hydrogen-bond acceptors (Lipinski definition) is 2. The highest BCUT2D eigenvalue weighted by Gasteiger charge is 2.38. The first-order chi connectivity index (χ1) is 9.65. The molecule has 2 N–H and O–H groups in total. The zero-order chi connectivity index (χ0) is 14.5. The third-order valence-corrected chi connectivity index (χ3v) is 3.30. The van der Waals surface area contributed by atoms with Crippen LogP contribution in [0.1, 0.15) is 18.9 Å². The molecule has 1 aromatic rings. The van der Waals surface area contributed by atoms with E-state index in [1.54, 1.807) is 6.07 Å². The zero-order valence-corrected chi connectivity index (χ0v) is 11.4. The molecular weight excluding hydrogens is 256 g/mol. The largest absolute Gasteiger partial charge is 0.480 e. The van der Waals surface area contributed by atoms with Crippen molar-refractivity contribution in [2.75, 3.05) is 11.4 Å². The van der Waals surface area contributed by atoms with Crippen LogP contribution >= 0.6 is 0 Å². The van der Waals surface area contributed by atoms with Gasteiger partial charge < -0.3 is 10.4 Å². The summed E-state index contributed by atoms with van der Waals surface area (Å²) in [6.45, 7) is 2.41. The number of carboxylic acids is 1. The average Bonchev–Trinajstić information content (AvgIpc) is 2.83. The summed E-state index contributed by atoms with van der Waals surface area (Å²) in [5.41, 5.74) is 1.58. The number of fused-ring (bicyclic) bond motifs is 1. The van der Waals surface area contributed by atoms with Crippen molar-refractivity contribution in [3.63, 3.8) is 0 Å². The number of anilines is 1. The van der Waals surface area contributed by atoms with Crippen LogP contribution in [0.3, 0.4) is 0 Å². The number of amides is 2. The van der Waals surface area contributed by atoms with Gasteiger partial charge >= 0.3 is 12.0 Å². The average molecular weight is 274 g/mol. The maximum atomic E-state index is 12.2. The summed E-state index contributed by atoms with van der Waals surface area (Å²) in [6, 6.07) is 6.12. The third-order valence-electron chi connectivity index (χ3n) is 3.30. The summed E-state index contributed by atoms with van der Waals surface area (Å²) < 4.78 is 0. The molecule has 0 aliphatic carbocycles. The monoisotopic (exact) mass is 274 g/mol. The van der Waals surface area contributed by atoms with E-state index in [0.29, 0.717) is 18.7 Å². The summed E-state index contributed by atoms with van der Waals surface area (Å²) in [4.78, 5) is 24.9. The summed E-state index contributed by atoms with van der Waals surface area (Å²) in [7, 11) is 0. The van der Waals surface area contributed by atoms with Crippen molar-refractivity contribution in [2.45, 2.75) is 25.8 Å². The highest BCUT2D eigenvalue weighted by Crippen LogP contribution is 2.32. The Bertz CT molecular complexity index is 540. The molecule has 0 unspecified atom stereocenters. The van der Waals surface area contributed by atoms with Crippen molar-refractivity contribution < 1.29 is 14.7 Å². The molecule has 0 radical (unpaired) electrons. The van der Waals surface area contributed by atoms with E-state index < -0.39 is 12.0 Å². The van der Waals surface area contributed by atoms with Gasteiger partial charge in [-0.15, -0.1) is 0 Å². The smallest absolute Gasteiger partial charge is 0.327 e. The molecule has 2 rings (SSSR count). The van der Waals surface area contributed by atoms with Gasteiger partial charge in [0.2, 0.25) is 0 Å². The Morgan fingerprint density at radius 1 is 1.45 bits per heavy atom. The second kappa shape index (κ2) is 6.23. The van der Waals surface area contributed by atoms with Gasteiger partial charge in [-0.3, -0.25) is 4.90 Å². The Labute approximate surface area is 117 Å². The van der Waals surface area contributed by atoms with Crippen LogP contribution in [0.2, 0.25) is 0 Å². The Kier molecular flexibility index (Phi) is 4.40. The topological polar surface area (TPSA) is 69.6 Å². The molecule has 0 saturated heterocycles. The Morgan fingerprint density at radius 2 is 2.20 bits per heavy atom. The van der Waals surface area contributed by atoms with Crippen LogP contribution in [0.25, 0.3) is 0 Å². The molecule has 1 aliphatic heterocycles. The summed E-state index contributed by atoms with van der Waals surface area (Å²) in [5, 5.41) is 12.0. The molecule has 0 saturated carbocycles. The van der Waals surface area contributed by atoms with Crippen LogP contribution in [0, 0.1) is 0 Å². The summed E-state index contributed by atoms with van der Waals surface area (Å²) in [5.74, 6) is -0.982. The molecule has 0 spiro atoms. The van der Waals surface area contributed by atoms with Gasteiger partial charge in [0.25, 0.3) is 0 Å².